The van der Waals surface area contributed by atoms with Crippen molar-refractivity contribution in [3.63, 3.8) is 0 Å². The predicted octanol–water partition coefficient (Wildman–Crippen LogP) is 0.801. The van der Waals surface area contributed by atoms with E-state index in [4.69, 9.17) is 14.6 Å². The Bertz CT molecular complexity index is 546. The third kappa shape index (κ3) is 3.85. The van der Waals surface area contributed by atoms with Crippen molar-refractivity contribution >= 4 is 17.6 Å². The molecule has 1 heterocycles. The number of carboxylic acid groups (broad SMARTS) is 1. The normalized spacial score (nSPS) is 14.6. The third-order valence-electron chi connectivity index (χ3n) is 3.24. The average molecular weight is 294 g/mol. The maximum Gasteiger partial charge on any atom is 0.320 e. The molecule has 2 rings (SSSR count). The quantitative estimate of drug-likeness (QED) is 0.835. The van der Waals surface area contributed by atoms with Crippen LogP contribution in [0.4, 0.5) is 5.69 Å². The maximum absolute atomic E-state index is 11.9. The number of carbonyl (C=O) groups excluding carboxylic acids is 1. The highest BCUT2D eigenvalue weighted by Gasteiger charge is 2.19. The van der Waals surface area contributed by atoms with Crippen molar-refractivity contribution < 1.29 is 24.2 Å². The van der Waals surface area contributed by atoms with Gasteiger partial charge < -0.3 is 19.9 Å². The molecule has 1 aliphatic rings. The molecule has 1 aliphatic heterocycles. The van der Waals surface area contributed by atoms with Gasteiger partial charge in [0.25, 0.3) is 0 Å². The lowest BCUT2D eigenvalue weighted by Gasteiger charge is -2.21. The standard InChI is InChI=1S/C14H18N2O5/c1-9(14(18)19)16(2)8-13(17)15-10-3-4-11-12(7-10)21-6-5-20-11/h3-4,7,9H,5-6,8H2,1-2H3,(H,15,17)(H,18,19). The summed E-state index contributed by atoms with van der Waals surface area (Å²) in [7, 11) is 1.59. The third-order valence-corrected chi connectivity index (χ3v) is 3.24. The lowest BCUT2D eigenvalue weighted by atomic mass is 10.2. The maximum atomic E-state index is 11.9. The molecule has 0 bridgehead atoms. The molecular weight excluding hydrogens is 276 g/mol. The molecule has 1 amide bonds. The first-order valence-electron chi connectivity index (χ1n) is 6.60. The van der Waals surface area contributed by atoms with E-state index in [9.17, 15) is 9.59 Å². The molecular formula is C14H18N2O5. The number of ether oxygens (including phenoxy) is 2. The van der Waals surface area contributed by atoms with E-state index in [2.05, 4.69) is 5.32 Å². The fraction of sp³-hybridized carbons (Fsp3) is 0.429. The first-order chi connectivity index (χ1) is 9.97. The van der Waals surface area contributed by atoms with Crippen molar-refractivity contribution in [2.24, 2.45) is 0 Å². The van der Waals surface area contributed by atoms with Crippen LogP contribution in [0.15, 0.2) is 18.2 Å². The van der Waals surface area contributed by atoms with Crippen molar-refractivity contribution in [1.82, 2.24) is 4.90 Å². The van der Waals surface area contributed by atoms with E-state index in [1.54, 1.807) is 25.2 Å². The topological polar surface area (TPSA) is 88.1 Å². The summed E-state index contributed by atoms with van der Waals surface area (Å²) >= 11 is 0. The molecule has 1 aromatic carbocycles. The highest BCUT2D eigenvalue weighted by Crippen LogP contribution is 2.32. The first-order valence-corrected chi connectivity index (χ1v) is 6.60. The number of hydrogen-bond donors (Lipinski definition) is 2. The van der Waals surface area contributed by atoms with E-state index in [1.807, 2.05) is 0 Å². The lowest BCUT2D eigenvalue weighted by molar-refractivity contribution is -0.142. The van der Waals surface area contributed by atoms with Crippen molar-refractivity contribution in [2.75, 3.05) is 32.1 Å². The molecule has 7 heteroatoms. The Hall–Kier alpha value is -2.28. The number of carbonyl (C=O) groups is 2. The van der Waals surface area contributed by atoms with Gasteiger partial charge in [-0.25, -0.2) is 0 Å². The van der Waals surface area contributed by atoms with E-state index >= 15 is 0 Å². The second-order valence-corrected chi connectivity index (χ2v) is 4.84. The zero-order chi connectivity index (χ0) is 15.4. The average Bonchev–Trinajstić information content (AvgIpc) is 2.45. The molecule has 0 spiro atoms. The number of nitrogens with one attached hydrogen (secondary N) is 1. The van der Waals surface area contributed by atoms with Gasteiger partial charge in [-0.05, 0) is 26.1 Å². The molecule has 114 valence electrons. The lowest BCUT2D eigenvalue weighted by Crippen LogP contribution is -2.40. The Kier molecular flexibility index (Phi) is 4.64. The van der Waals surface area contributed by atoms with Gasteiger partial charge in [0, 0.05) is 11.8 Å². The SMILES string of the molecule is CC(C(=O)O)N(C)CC(=O)Nc1ccc2c(c1)OCCO2. The summed E-state index contributed by atoms with van der Waals surface area (Å²) in [5.41, 5.74) is 0.584. The van der Waals surface area contributed by atoms with Crippen molar-refractivity contribution in [1.29, 1.82) is 0 Å². The minimum atomic E-state index is -0.968. The van der Waals surface area contributed by atoms with E-state index in [0.29, 0.717) is 30.4 Å². The van der Waals surface area contributed by atoms with Crippen molar-refractivity contribution in [3.05, 3.63) is 18.2 Å². The molecule has 0 fully saturated rings. The van der Waals surface area contributed by atoms with Crippen LogP contribution in [0.3, 0.4) is 0 Å². The van der Waals surface area contributed by atoms with Gasteiger partial charge in [0.05, 0.1) is 6.54 Å². The number of benzene rings is 1. The highest BCUT2D eigenvalue weighted by molar-refractivity contribution is 5.93. The van der Waals surface area contributed by atoms with Crippen molar-refractivity contribution in [2.45, 2.75) is 13.0 Å². The number of aliphatic carboxylic acids is 1. The van der Waals surface area contributed by atoms with Crippen LogP contribution < -0.4 is 14.8 Å². The predicted molar refractivity (Wildman–Crippen MR) is 75.8 cm³/mol. The van der Waals surface area contributed by atoms with Gasteiger partial charge in [-0.3, -0.25) is 14.5 Å². The van der Waals surface area contributed by atoms with Crippen molar-refractivity contribution in [3.8, 4) is 11.5 Å². The molecule has 0 radical (unpaired) electrons. The minimum absolute atomic E-state index is 0.0120. The second kappa shape index (κ2) is 6.45. The summed E-state index contributed by atoms with van der Waals surface area (Å²) in [6.07, 6.45) is 0. The summed E-state index contributed by atoms with van der Waals surface area (Å²) < 4.78 is 10.8. The summed E-state index contributed by atoms with van der Waals surface area (Å²) in [5.74, 6) is -0.0194. The molecule has 1 aromatic rings. The van der Waals surface area contributed by atoms with Gasteiger partial charge in [0.15, 0.2) is 11.5 Å². The van der Waals surface area contributed by atoms with Crippen LogP contribution in [-0.2, 0) is 9.59 Å². The fourth-order valence-corrected chi connectivity index (χ4v) is 1.87. The number of likely N-dealkylation sites (N-methyl/N-ethyl adjacent to an activating group) is 1. The zero-order valence-corrected chi connectivity index (χ0v) is 12.0. The van der Waals surface area contributed by atoms with E-state index in [0.717, 1.165) is 0 Å². The summed E-state index contributed by atoms with van der Waals surface area (Å²) in [6.45, 7) is 2.50. The smallest absolute Gasteiger partial charge is 0.320 e. The highest BCUT2D eigenvalue weighted by atomic mass is 16.6. The van der Waals surface area contributed by atoms with E-state index in [-0.39, 0.29) is 12.5 Å². The van der Waals surface area contributed by atoms with E-state index in [1.165, 1.54) is 11.8 Å². The van der Waals surface area contributed by atoms with Gasteiger partial charge in [-0.15, -0.1) is 0 Å². The van der Waals surface area contributed by atoms with Crippen LogP contribution >= 0.6 is 0 Å². The summed E-state index contributed by atoms with van der Waals surface area (Å²) in [5, 5.41) is 11.6. The van der Waals surface area contributed by atoms with Crippen LogP contribution in [-0.4, -0.2) is 54.7 Å². The molecule has 1 atom stereocenters. The van der Waals surface area contributed by atoms with Gasteiger partial charge in [0.2, 0.25) is 5.91 Å². The fourth-order valence-electron chi connectivity index (χ4n) is 1.87. The molecule has 0 saturated heterocycles. The Morgan fingerprint density at radius 3 is 2.67 bits per heavy atom. The van der Waals surface area contributed by atoms with E-state index < -0.39 is 12.0 Å². The monoisotopic (exact) mass is 294 g/mol. The zero-order valence-electron chi connectivity index (χ0n) is 12.0. The molecule has 0 aromatic heterocycles. The Morgan fingerprint density at radius 2 is 2.00 bits per heavy atom. The number of nitrogens with zero attached hydrogens (tertiary/aromatic N) is 1. The minimum Gasteiger partial charge on any atom is -0.486 e. The molecule has 2 N–H and O–H groups in total. The Balaban J connectivity index is 1.95. The number of carboxylic acids is 1. The Morgan fingerprint density at radius 1 is 1.33 bits per heavy atom. The van der Waals surface area contributed by atoms with Crippen LogP contribution in [0.5, 0.6) is 11.5 Å². The van der Waals surface area contributed by atoms with Crippen LogP contribution in [0.25, 0.3) is 0 Å². The number of anilines is 1. The molecule has 21 heavy (non-hydrogen) atoms. The van der Waals surface area contributed by atoms with Crippen LogP contribution in [0, 0.1) is 0 Å². The summed E-state index contributed by atoms with van der Waals surface area (Å²) in [6, 6.07) is 4.41. The molecule has 0 saturated carbocycles. The molecule has 1 unspecified atom stereocenters. The van der Waals surface area contributed by atoms with Crippen LogP contribution in [0.1, 0.15) is 6.92 Å². The number of rotatable bonds is 5. The number of hydrogen-bond acceptors (Lipinski definition) is 5. The largest absolute Gasteiger partial charge is 0.486 e. The summed E-state index contributed by atoms with van der Waals surface area (Å²) in [4.78, 5) is 24.2. The Labute approximate surface area is 122 Å². The molecule has 7 nitrogen and oxygen atoms in total. The second-order valence-electron chi connectivity index (χ2n) is 4.84. The van der Waals surface area contributed by atoms with Gasteiger partial charge in [0.1, 0.15) is 19.3 Å². The van der Waals surface area contributed by atoms with Crippen LogP contribution in [0.2, 0.25) is 0 Å². The van der Waals surface area contributed by atoms with Gasteiger partial charge in [-0.1, -0.05) is 0 Å². The molecule has 0 aliphatic carbocycles. The first kappa shape index (κ1) is 15.1. The number of amides is 1. The van der Waals surface area contributed by atoms with Gasteiger partial charge in [-0.2, -0.15) is 0 Å². The number of fused-ring (bicyclic) bond motifs is 1. The van der Waals surface area contributed by atoms with Gasteiger partial charge >= 0.3 is 5.97 Å².